The number of hydrogen-bond donors (Lipinski definition) is 1. The van der Waals surface area contributed by atoms with E-state index < -0.39 is 0 Å². The van der Waals surface area contributed by atoms with Crippen molar-refractivity contribution in [3.8, 4) is 5.75 Å². The van der Waals surface area contributed by atoms with Crippen LogP contribution >= 0.6 is 24.0 Å². The summed E-state index contributed by atoms with van der Waals surface area (Å²) in [5.41, 5.74) is 1.21. The van der Waals surface area contributed by atoms with Crippen LogP contribution < -0.4 is 10.1 Å². The molecule has 28 heavy (non-hydrogen) atoms. The molecule has 1 heterocycles. The van der Waals surface area contributed by atoms with E-state index in [0.29, 0.717) is 18.6 Å². The molecule has 0 radical (unpaired) electrons. The summed E-state index contributed by atoms with van der Waals surface area (Å²) in [5, 5.41) is 3.40. The first-order valence-corrected chi connectivity index (χ1v) is 10.6. The lowest BCUT2D eigenvalue weighted by molar-refractivity contribution is 0.155. The molecule has 1 unspecified atom stereocenters. The summed E-state index contributed by atoms with van der Waals surface area (Å²) in [4.78, 5) is 7.05. The fourth-order valence-corrected chi connectivity index (χ4v) is 3.89. The zero-order valence-electron chi connectivity index (χ0n) is 17.4. The van der Waals surface area contributed by atoms with Gasteiger partial charge in [-0.2, -0.15) is 0 Å². The van der Waals surface area contributed by atoms with E-state index in [0.717, 1.165) is 44.4 Å². The second-order valence-electron chi connectivity index (χ2n) is 7.80. The zero-order valence-corrected chi connectivity index (χ0v) is 19.7. The number of nitrogens with one attached hydrogen (secondary N) is 1. The van der Waals surface area contributed by atoms with Gasteiger partial charge in [-0.05, 0) is 56.7 Å². The molecule has 0 aromatic heterocycles. The molecule has 2 fully saturated rings. The maximum atomic E-state index is 6.12. The minimum Gasteiger partial charge on any atom is -0.490 e. The highest BCUT2D eigenvalue weighted by Crippen LogP contribution is 2.23. The number of ether oxygens (including phenoxy) is 2. The van der Waals surface area contributed by atoms with Gasteiger partial charge >= 0.3 is 0 Å². The second kappa shape index (κ2) is 12.5. The van der Waals surface area contributed by atoms with Gasteiger partial charge in [-0.3, -0.25) is 0 Å². The Bertz CT molecular complexity index is 582. The summed E-state index contributed by atoms with van der Waals surface area (Å²) in [6, 6.07) is 8.45. The van der Waals surface area contributed by atoms with Crippen LogP contribution in [-0.2, 0) is 11.3 Å². The Kier molecular flexibility index (Phi) is 10.4. The summed E-state index contributed by atoms with van der Waals surface area (Å²) < 4.78 is 11.6. The molecule has 158 valence electrons. The van der Waals surface area contributed by atoms with Crippen molar-refractivity contribution in [2.75, 3.05) is 33.4 Å². The standard InChI is InChI=1S/C22H35N3O2.HI/c1-3-23-22(25(2)16-19-13-14-26-17-19)24-15-18-9-11-21(12-10-18)27-20-7-5-4-6-8-20;/h9-12,19-20H,3-8,13-17H2,1-2H3,(H,23,24);1H. The predicted molar refractivity (Wildman–Crippen MR) is 126 cm³/mol. The van der Waals surface area contributed by atoms with E-state index in [1.165, 1.54) is 37.7 Å². The van der Waals surface area contributed by atoms with Crippen LogP contribution in [0.2, 0.25) is 0 Å². The lowest BCUT2D eigenvalue weighted by Crippen LogP contribution is -2.41. The highest BCUT2D eigenvalue weighted by molar-refractivity contribution is 14.0. The maximum absolute atomic E-state index is 6.12. The second-order valence-corrected chi connectivity index (χ2v) is 7.80. The number of guanidine groups is 1. The molecule has 1 aliphatic carbocycles. The number of rotatable bonds is 7. The third kappa shape index (κ3) is 7.43. The topological polar surface area (TPSA) is 46.1 Å². The van der Waals surface area contributed by atoms with E-state index >= 15 is 0 Å². The fraction of sp³-hybridized carbons (Fsp3) is 0.682. The van der Waals surface area contributed by atoms with Crippen molar-refractivity contribution < 1.29 is 9.47 Å². The Morgan fingerprint density at radius 1 is 1.18 bits per heavy atom. The lowest BCUT2D eigenvalue weighted by Gasteiger charge is -2.24. The van der Waals surface area contributed by atoms with Crippen molar-refractivity contribution in [2.45, 2.75) is 58.1 Å². The van der Waals surface area contributed by atoms with Gasteiger partial charge in [0.2, 0.25) is 0 Å². The van der Waals surface area contributed by atoms with Crippen LogP contribution in [0, 0.1) is 5.92 Å². The molecule has 5 nitrogen and oxygen atoms in total. The van der Waals surface area contributed by atoms with Crippen molar-refractivity contribution in [2.24, 2.45) is 10.9 Å². The molecule has 0 bridgehead atoms. The molecule has 1 aliphatic heterocycles. The molecule has 1 N–H and O–H groups in total. The number of hydrogen-bond acceptors (Lipinski definition) is 3. The van der Waals surface area contributed by atoms with Gasteiger partial charge in [0.25, 0.3) is 0 Å². The summed E-state index contributed by atoms with van der Waals surface area (Å²) in [5.74, 6) is 2.56. The molecule has 3 rings (SSSR count). The number of halogens is 1. The Morgan fingerprint density at radius 2 is 1.93 bits per heavy atom. The van der Waals surface area contributed by atoms with Crippen LogP contribution in [0.3, 0.4) is 0 Å². The smallest absolute Gasteiger partial charge is 0.193 e. The summed E-state index contributed by atoms with van der Waals surface area (Å²) in [7, 11) is 2.11. The molecule has 1 aromatic carbocycles. The Morgan fingerprint density at radius 3 is 2.57 bits per heavy atom. The van der Waals surface area contributed by atoms with Crippen LogP contribution in [0.4, 0.5) is 0 Å². The third-order valence-electron chi connectivity index (χ3n) is 5.44. The van der Waals surface area contributed by atoms with Gasteiger partial charge in [0.1, 0.15) is 5.75 Å². The molecular weight excluding hydrogens is 465 g/mol. The Labute approximate surface area is 187 Å². The minimum absolute atomic E-state index is 0. The molecular formula is C22H36IN3O2. The fourth-order valence-electron chi connectivity index (χ4n) is 3.89. The number of aliphatic imine (C=N–C) groups is 1. The molecule has 1 atom stereocenters. The van der Waals surface area contributed by atoms with Gasteiger partial charge in [0.05, 0.1) is 19.3 Å². The first kappa shape index (κ1) is 23.3. The van der Waals surface area contributed by atoms with Crippen molar-refractivity contribution in [3.05, 3.63) is 29.8 Å². The van der Waals surface area contributed by atoms with Crippen LogP contribution in [0.1, 0.15) is 51.0 Å². The molecule has 6 heteroatoms. The first-order valence-electron chi connectivity index (χ1n) is 10.6. The van der Waals surface area contributed by atoms with Gasteiger partial charge in [0, 0.05) is 32.7 Å². The molecule has 0 amide bonds. The van der Waals surface area contributed by atoms with E-state index in [-0.39, 0.29) is 24.0 Å². The van der Waals surface area contributed by atoms with Gasteiger partial charge in [0.15, 0.2) is 5.96 Å². The van der Waals surface area contributed by atoms with Crippen molar-refractivity contribution in [1.29, 1.82) is 0 Å². The van der Waals surface area contributed by atoms with Crippen LogP contribution in [0.25, 0.3) is 0 Å². The molecule has 1 saturated heterocycles. The summed E-state index contributed by atoms with van der Waals surface area (Å²) in [6.45, 7) is 6.41. The highest BCUT2D eigenvalue weighted by Gasteiger charge is 2.19. The molecule has 1 saturated carbocycles. The van der Waals surface area contributed by atoms with Crippen LogP contribution in [-0.4, -0.2) is 50.3 Å². The van der Waals surface area contributed by atoms with E-state index in [4.69, 9.17) is 14.5 Å². The first-order chi connectivity index (χ1) is 13.2. The van der Waals surface area contributed by atoms with Crippen molar-refractivity contribution >= 4 is 29.9 Å². The maximum Gasteiger partial charge on any atom is 0.193 e. The zero-order chi connectivity index (χ0) is 18.9. The SMILES string of the molecule is CCNC(=NCc1ccc(OC2CCCCC2)cc1)N(C)CC1CCOC1.I. The van der Waals surface area contributed by atoms with E-state index in [9.17, 15) is 0 Å². The average molecular weight is 501 g/mol. The highest BCUT2D eigenvalue weighted by atomic mass is 127. The molecule has 0 spiro atoms. The van der Waals surface area contributed by atoms with Crippen LogP contribution in [0.5, 0.6) is 5.75 Å². The molecule has 1 aromatic rings. The van der Waals surface area contributed by atoms with Crippen LogP contribution in [0.15, 0.2) is 29.3 Å². The van der Waals surface area contributed by atoms with Gasteiger partial charge in [-0.25, -0.2) is 4.99 Å². The minimum atomic E-state index is 0. The van der Waals surface area contributed by atoms with Gasteiger partial charge < -0.3 is 19.7 Å². The number of benzene rings is 1. The van der Waals surface area contributed by atoms with E-state index in [1.807, 2.05) is 0 Å². The van der Waals surface area contributed by atoms with E-state index in [2.05, 4.69) is 48.5 Å². The van der Waals surface area contributed by atoms with Crippen molar-refractivity contribution in [1.82, 2.24) is 10.2 Å². The van der Waals surface area contributed by atoms with Gasteiger partial charge in [-0.1, -0.05) is 18.6 Å². The van der Waals surface area contributed by atoms with E-state index in [1.54, 1.807) is 0 Å². The van der Waals surface area contributed by atoms with Gasteiger partial charge in [-0.15, -0.1) is 24.0 Å². The summed E-state index contributed by atoms with van der Waals surface area (Å²) in [6.07, 6.45) is 7.87. The lowest BCUT2D eigenvalue weighted by atomic mass is 9.98. The van der Waals surface area contributed by atoms with Crippen molar-refractivity contribution in [3.63, 3.8) is 0 Å². The molecule has 2 aliphatic rings. The Hall–Kier alpha value is -1.02. The summed E-state index contributed by atoms with van der Waals surface area (Å²) >= 11 is 0. The number of nitrogens with zero attached hydrogens (tertiary/aromatic N) is 2. The monoisotopic (exact) mass is 501 g/mol. The average Bonchev–Trinajstić information content (AvgIpc) is 3.20. The largest absolute Gasteiger partial charge is 0.490 e. The normalized spacial score (nSPS) is 20.5. The Balaban J connectivity index is 0.00000280. The quantitative estimate of drug-likeness (QED) is 0.341. The predicted octanol–water partition coefficient (Wildman–Crippen LogP) is 4.45. The third-order valence-corrected chi connectivity index (χ3v) is 5.44.